The molecule has 1 aliphatic heterocycles. The number of aromatic nitrogens is 3. The second kappa shape index (κ2) is 9.65. The number of rotatable bonds is 7. The highest BCUT2D eigenvalue weighted by molar-refractivity contribution is 5.55. The lowest BCUT2D eigenvalue weighted by Crippen LogP contribution is -2.47. The van der Waals surface area contributed by atoms with Crippen LogP contribution in [0.3, 0.4) is 0 Å². The maximum absolute atomic E-state index is 9.11. The first-order valence-corrected chi connectivity index (χ1v) is 10.4. The predicted octanol–water partition coefficient (Wildman–Crippen LogP) is 2.63. The van der Waals surface area contributed by atoms with Crippen LogP contribution in [-0.4, -0.2) is 64.3 Å². The number of aliphatic hydroxyl groups excluding tert-OH is 1. The summed E-state index contributed by atoms with van der Waals surface area (Å²) < 4.78 is 0. The quantitative estimate of drug-likeness (QED) is 0.627. The summed E-state index contributed by atoms with van der Waals surface area (Å²) in [4.78, 5) is 18.0. The first kappa shape index (κ1) is 20.3. The van der Waals surface area contributed by atoms with E-state index < -0.39 is 0 Å². The van der Waals surface area contributed by atoms with Crippen molar-refractivity contribution in [1.29, 1.82) is 0 Å². The molecule has 3 aromatic rings. The van der Waals surface area contributed by atoms with E-state index in [1.807, 2.05) is 13.0 Å². The fraction of sp³-hybridized carbons (Fsp3) is 0.348. The molecule has 0 saturated carbocycles. The van der Waals surface area contributed by atoms with Crippen LogP contribution in [0.1, 0.15) is 17.0 Å². The van der Waals surface area contributed by atoms with Gasteiger partial charge >= 0.3 is 0 Å². The van der Waals surface area contributed by atoms with Crippen LogP contribution < -0.4 is 10.2 Å². The van der Waals surface area contributed by atoms with Gasteiger partial charge < -0.3 is 15.3 Å². The summed E-state index contributed by atoms with van der Waals surface area (Å²) in [6.07, 6.45) is 0.915. The van der Waals surface area contributed by atoms with Crippen LogP contribution in [0.15, 0.2) is 54.6 Å². The number of nitrogens with zero attached hydrogens (tertiary/aromatic N) is 5. The predicted molar refractivity (Wildman–Crippen MR) is 119 cm³/mol. The minimum absolute atomic E-state index is 0.197. The normalized spacial score (nSPS) is 14.7. The molecule has 1 aromatic heterocycles. The third kappa shape index (κ3) is 5.31. The lowest BCUT2D eigenvalue weighted by molar-refractivity contribution is 0.188. The van der Waals surface area contributed by atoms with E-state index in [4.69, 9.17) is 5.11 Å². The van der Waals surface area contributed by atoms with Crippen LogP contribution in [0.4, 0.5) is 17.6 Å². The Morgan fingerprint density at radius 1 is 0.867 bits per heavy atom. The largest absolute Gasteiger partial charge is 0.395 e. The van der Waals surface area contributed by atoms with Crippen molar-refractivity contribution in [3.63, 3.8) is 0 Å². The summed E-state index contributed by atoms with van der Waals surface area (Å²) in [6.45, 7) is 6.30. The molecule has 2 aromatic carbocycles. The van der Waals surface area contributed by atoms with Gasteiger partial charge in [-0.25, -0.2) is 0 Å². The summed E-state index contributed by atoms with van der Waals surface area (Å²) in [5.41, 5.74) is 3.52. The van der Waals surface area contributed by atoms with Crippen molar-refractivity contribution in [2.45, 2.75) is 13.3 Å². The Labute approximate surface area is 177 Å². The van der Waals surface area contributed by atoms with Gasteiger partial charge in [0.05, 0.1) is 6.61 Å². The molecule has 7 heteroatoms. The van der Waals surface area contributed by atoms with Gasteiger partial charge in [-0.1, -0.05) is 42.5 Å². The molecule has 156 valence electrons. The van der Waals surface area contributed by atoms with Crippen molar-refractivity contribution < 1.29 is 5.11 Å². The van der Waals surface area contributed by atoms with Gasteiger partial charge in [0.1, 0.15) is 5.82 Å². The van der Waals surface area contributed by atoms with Crippen molar-refractivity contribution in [3.05, 3.63) is 71.5 Å². The van der Waals surface area contributed by atoms with E-state index >= 15 is 0 Å². The zero-order valence-corrected chi connectivity index (χ0v) is 17.3. The molecule has 0 amide bonds. The molecule has 0 spiro atoms. The first-order chi connectivity index (χ1) is 14.7. The zero-order chi connectivity index (χ0) is 20.8. The topological polar surface area (TPSA) is 77.4 Å². The summed E-state index contributed by atoms with van der Waals surface area (Å²) in [5, 5.41) is 12.4. The van der Waals surface area contributed by atoms with Crippen LogP contribution in [0.5, 0.6) is 0 Å². The number of nitrogens with one attached hydrogen (secondary N) is 1. The summed E-state index contributed by atoms with van der Waals surface area (Å²) in [7, 11) is 0. The van der Waals surface area contributed by atoms with Crippen LogP contribution in [0, 0.1) is 6.92 Å². The fourth-order valence-electron chi connectivity index (χ4n) is 3.64. The molecule has 0 radical (unpaired) electrons. The van der Waals surface area contributed by atoms with E-state index in [1.165, 1.54) is 11.1 Å². The molecule has 7 nitrogen and oxygen atoms in total. The van der Waals surface area contributed by atoms with Gasteiger partial charge in [-0.05, 0) is 36.6 Å². The van der Waals surface area contributed by atoms with E-state index in [1.54, 1.807) is 0 Å². The second-order valence-corrected chi connectivity index (χ2v) is 7.54. The molecule has 0 unspecified atom stereocenters. The summed E-state index contributed by atoms with van der Waals surface area (Å²) in [5.74, 6) is 1.96. The van der Waals surface area contributed by atoms with Crippen molar-refractivity contribution in [3.8, 4) is 0 Å². The van der Waals surface area contributed by atoms with Gasteiger partial charge in [-0.2, -0.15) is 15.0 Å². The monoisotopic (exact) mass is 404 g/mol. The van der Waals surface area contributed by atoms with Gasteiger partial charge in [-0.3, -0.25) is 4.90 Å². The molecule has 0 bridgehead atoms. The van der Waals surface area contributed by atoms with Crippen molar-refractivity contribution in [2.75, 3.05) is 49.5 Å². The Morgan fingerprint density at radius 3 is 2.27 bits per heavy atom. The zero-order valence-electron chi connectivity index (χ0n) is 17.3. The molecule has 1 aliphatic rings. The van der Waals surface area contributed by atoms with Crippen LogP contribution >= 0.6 is 0 Å². The van der Waals surface area contributed by atoms with Gasteiger partial charge in [0.2, 0.25) is 11.9 Å². The van der Waals surface area contributed by atoms with Gasteiger partial charge in [0, 0.05) is 38.4 Å². The Bertz CT molecular complexity index is 940. The van der Waals surface area contributed by atoms with Crippen LogP contribution in [-0.2, 0) is 6.42 Å². The molecule has 30 heavy (non-hydrogen) atoms. The van der Waals surface area contributed by atoms with E-state index in [2.05, 4.69) is 78.6 Å². The Kier molecular flexibility index (Phi) is 6.51. The molecular formula is C23H28N6O. The number of piperazine rings is 1. The lowest BCUT2D eigenvalue weighted by Gasteiger charge is -2.34. The average molecular weight is 405 g/mol. The lowest BCUT2D eigenvalue weighted by atomic mass is 10.1. The molecule has 2 N–H and O–H groups in total. The van der Waals surface area contributed by atoms with E-state index in [0.29, 0.717) is 17.7 Å². The number of benzene rings is 2. The maximum atomic E-state index is 9.11. The Morgan fingerprint density at radius 2 is 1.57 bits per heavy atom. The van der Waals surface area contributed by atoms with Crippen LogP contribution in [0.25, 0.3) is 0 Å². The minimum atomic E-state index is 0.197. The maximum Gasteiger partial charge on any atom is 0.232 e. The van der Waals surface area contributed by atoms with E-state index in [0.717, 1.165) is 44.8 Å². The van der Waals surface area contributed by atoms with Crippen molar-refractivity contribution >= 4 is 17.6 Å². The smallest absolute Gasteiger partial charge is 0.232 e. The molecule has 4 rings (SSSR count). The fourth-order valence-corrected chi connectivity index (χ4v) is 3.64. The number of β-amino-alcohol motifs (C(OH)–C–C–N with tert-alkyl or cyclic N) is 1. The molecule has 1 saturated heterocycles. The number of hydrogen-bond donors (Lipinski definition) is 2. The van der Waals surface area contributed by atoms with E-state index in [-0.39, 0.29) is 6.61 Å². The highest BCUT2D eigenvalue weighted by Crippen LogP contribution is 2.19. The number of hydrogen-bond acceptors (Lipinski definition) is 7. The van der Waals surface area contributed by atoms with Gasteiger partial charge in [0.25, 0.3) is 0 Å². The van der Waals surface area contributed by atoms with Crippen LogP contribution in [0.2, 0.25) is 0 Å². The number of aliphatic hydroxyl groups is 1. The highest BCUT2D eigenvalue weighted by Gasteiger charge is 2.19. The Hall–Kier alpha value is -3.03. The second-order valence-electron chi connectivity index (χ2n) is 7.54. The molecular weight excluding hydrogens is 376 g/mol. The minimum Gasteiger partial charge on any atom is -0.395 e. The third-order valence-corrected chi connectivity index (χ3v) is 5.27. The molecule has 2 heterocycles. The summed E-state index contributed by atoms with van der Waals surface area (Å²) >= 11 is 0. The van der Waals surface area contributed by atoms with Crippen molar-refractivity contribution in [1.82, 2.24) is 19.9 Å². The third-order valence-electron chi connectivity index (χ3n) is 5.27. The SMILES string of the molecule is Cc1nc(Nc2ccc(Cc3ccccc3)cc2)nc(N2CCN(CCO)CC2)n1. The number of anilines is 3. The average Bonchev–Trinajstić information content (AvgIpc) is 2.76. The first-order valence-electron chi connectivity index (χ1n) is 10.4. The number of aryl methyl sites for hydroxylation is 1. The molecule has 0 aliphatic carbocycles. The van der Waals surface area contributed by atoms with Gasteiger partial charge in [0.15, 0.2) is 0 Å². The van der Waals surface area contributed by atoms with Crippen molar-refractivity contribution in [2.24, 2.45) is 0 Å². The summed E-state index contributed by atoms with van der Waals surface area (Å²) in [6, 6.07) is 18.8. The standard InChI is InChI=1S/C23H28N6O/c1-18-24-22(27-23(25-18)29-13-11-28(12-14-29)15-16-30)26-21-9-7-20(8-10-21)17-19-5-3-2-4-6-19/h2-10,30H,11-17H2,1H3,(H,24,25,26,27). The Balaban J connectivity index is 1.41. The molecule has 1 fully saturated rings. The van der Waals surface area contributed by atoms with Gasteiger partial charge in [-0.15, -0.1) is 0 Å². The molecule has 0 atom stereocenters. The van der Waals surface area contributed by atoms with E-state index in [9.17, 15) is 0 Å². The highest BCUT2D eigenvalue weighted by atomic mass is 16.3.